The van der Waals surface area contributed by atoms with Gasteiger partial charge in [0.25, 0.3) is 0 Å². The maximum absolute atomic E-state index is 11.7. The molecule has 1 atom stereocenters. The monoisotopic (exact) mass is 238 g/mol. The minimum Gasteiger partial charge on any atom is -0.324 e. The van der Waals surface area contributed by atoms with E-state index in [2.05, 4.69) is 13.2 Å². The van der Waals surface area contributed by atoms with E-state index in [0.29, 0.717) is 5.56 Å². The molecule has 1 rings (SSSR count). The lowest BCUT2D eigenvalue weighted by Gasteiger charge is -2.30. The van der Waals surface area contributed by atoms with Gasteiger partial charge in [0.15, 0.2) is 0 Å². The fourth-order valence-corrected chi connectivity index (χ4v) is 2.76. The molecule has 0 amide bonds. The van der Waals surface area contributed by atoms with Crippen molar-refractivity contribution in [3.63, 3.8) is 0 Å². The van der Waals surface area contributed by atoms with Crippen LogP contribution in [0, 0.1) is 0 Å². The molecule has 4 heteroatoms. The van der Waals surface area contributed by atoms with Crippen LogP contribution >= 0.6 is 7.60 Å². The number of hydrogen-bond acceptors (Lipinski definition) is 1. The molecule has 0 aliphatic heterocycles. The Kier molecular flexibility index (Phi) is 3.87. The Bertz CT molecular complexity index is 421. The van der Waals surface area contributed by atoms with Gasteiger partial charge in [-0.25, -0.2) is 0 Å². The molecule has 3 nitrogen and oxygen atoms in total. The normalized spacial score (nSPS) is 15.1. The topological polar surface area (TPSA) is 57.5 Å². The van der Waals surface area contributed by atoms with E-state index in [0.717, 1.165) is 0 Å². The van der Waals surface area contributed by atoms with E-state index in [9.17, 15) is 14.4 Å². The van der Waals surface area contributed by atoms with Crippen molar-refractivity contribution >= 4 is 7.60 Å². The second kappa shape index (κ2) is 4.79. The van der Waals surface area contributed by atoms with Crippen molar-refractivity contribution in [2.24, 2.45) is 0 Å². The number of rotatable bonds is 5. The Morgan fingerprint density at radius 1 is 1.25 bits per heavy atom. The van der Waals surface area contributed by atoms with Crippen LogP contribution in [0.1, 0.15) is 12.0 Å². The average molecular weight is 238 g/mol. The first-order valence-corrected chi connectivity index (χ1v) is 6.45. The lowest BCUT2D eigenvalue weighted by molar-refractivity contribution is 0.341. The second-order valence-electron chi connectivity index (χ2n) is 3.53. The van der Waals surface area contributed by atoms with Crippen molar-refractivity contribution in [3.05, 3.63) is 61.2 Å². The van der Waals surface area contributed by atoms with Gasteiger partial charge in [-0.15, -0.1) is 13.2 Å². The van der Waals surface area contributed by atoms with Gasteiger partial charge >= 0.3 is 7.60 Å². The molecule has 0 aromatic heterocycles. The zero-order chi connectivity index (χ0) is 12.2. The summed E-state index contributed by atoms with van der Waals surface area (Å²) in [6.45, 7) is 7.10. The van der Waals surface area contributed by atoms with Gasteiger partial charge in [-0.05, 0) is 12.0 Å². The first-order chi connectivity index (χ1) is 7.48. The third-order valence-corrected chi connectivity index (χ3v) is 4.25. The molecule has 86 valence electrons. The minimum absolute atomic E-state index is 0.158. The highest BCUT2D eigenvalue weighted by Crippen LogP contribution is 2.59. The summed E-state index contributed by atoms with van der Waals surface area (Å²) in [5, 5.41) is -1.37. The van der Waals surface area contributed by atoms with E-state index in [1.807, 2.05) is 0 Å². The molecular weight excluding hydrogens is 223 g/mol. The van der Waals surface area contributed by atoms with Crippen molar-refractivity contribution < 1.29 is 14.4 Å². The van der Waals surface area contributed by atoms with Crippen LogP contribution in [-0.2, 0) is 9.72 Å². The molecule has 0 aliphatic rings. The van der Waals surface area contributed by atoms with Gasteiger partial charge in [-0.2, -0.15) is 0 Å². The quantitative estimate of drug-likeness (QED) is 0.612. The summed E-state index contributed by atoms with van der Waals surface area (Å²) < 4.78 is 11.7. The molecule has 1 aromatic rings. The van der Waals surface area contributed by atoms with Crippen molar-refractivity contribution in [2.45, 2.75) is 11.6 Å². The van der Waals surface area contributed by atoms with Crippen LogP contribution in [0.3, 0.4) is 0 Å². The van der Waals surface area contributed by atoms with Crippen molar-refractivity contribution in [3.8, 4) is 0 Å². The highest BCUT2D eigenvalue weighted by Gasteiger charge is 2.44. The zero-order valence-electron chi connectivity index (χ0n) is 8.91. The largest absolute Gasteiger partial charge is 0.340 e. The lowest BCUT2D eigenvalue weighted by Crippen LogP contribution is -2.22. The second-order valence-corrected chi connectivity index (χ2v) is 5.42. The van der Waals surface area contributed by atoms with Crippen LogP contribution in [0.4, 0.5) is 0 Å². The first-order valence-electron chi connectivity index (χ1n) is 4.83. The van der Waals surface area contributed by atoms with Crippen LogP contribution in [0.25, 0.3) is 0 Å². The highest BCUT2D eigenvalue weighted by atomic mass is 31.2. The molecule has 2 N–H and O–H groups in total. The van der Waals surface area contributed by atoms with Crippen molar-refractivity contribution in [1.29, 1.82) is 0 Å². The summed E-state index contributed by atoms with van der Waals surface area (Å²) in [5.74, 6) is 0. The number of benzene rings is 1. The molecule has 0 aliphatic carbocycles. The predicted molar refractivity (Wildman–Crippen MR) is 65.2 cm³/mol. The summed E-state index contributed by atoms with van der Waals surface area (Å²) in [4.78, 5) is 19.0. The molecule has 0 radical (unpaired) electrons. The minimum atomic E-state index is -4.33. The maximum Gasteiger partial charge on any atom is 0.340 e. The fourth-order valence-electron chi connectivity index (χ4n) is 1.67. The van der Waals surface area contributed by atoms with Gasteiger partial charge in [0, 0.05) is 0 Å². The van der Waals surface area contributed by atoms with Crippen LogP contribution in [0.2, 0.25) is 0 Å². The Hall–Kier alpha value is -1.15. The third kappa shape index (κ3) is 2.17. The molecule has 0 heterocycles. The van der Waals surface area contributed by atoms with Crippen LogP contribution in [-0.4, -0.2) is 9.79 Å². The Balaban J connectivity index is 3.40. The summed E-state index contributed by atoms with van der Waals surface area (Å²) in [6, 6.07) is 8.65. The predicted octanol–water partition coefficient (Wildman–Crippen LogP) is 2.82. The maximum atomic E-state index is 11.7. The Labute approximate surface area is 95.3 Å². The third-order valence-electron chi connectivity index (χ3n) is 2.59. The molecule has 0 spiro atoms. The van der Waals surface area contributed by atoms with Gasteiger partial charge in [-0.1, -0.05) is 42.5 Å². The SMILES string of the molecule is C=CCC(C=C)(c1ccccc1)P(=O)(O)O. The number of allylic oxidation sites excluding steroid dienone is 2. The van der Waals surface area contributed by atoms with Crippen molar-refractivity contribution in [2.75, 3.05) is 0 Å². The van der Waals surface area contributed by atoms with Crippen LogP contribution < -0.4 is 0 Å². The standard InChI is InChI=1S/C12H15O3P/c1-3-10-12(4-2,16(13,14)15)11-8-6-5-7-9-11/h3-9H,1-2,10H2,(H2,13,14,15). The van der Waals surface area contributed by atoms with Gasteiger partial charge in [0.2, 0.25) is 0 Å². The molecule has 1 unspecified atom stereocenters. The van der Waals surface area contributed by atoms with E-state index in [-0.39, 0.29) is 6.42 Å². The van der Waals surface area contributed by atoms with E-state index in [4.69, 9.17) is 0 Å². The molecular formula is C12H15O3P. The molecule has 0 fully saturated rings. The van der Waals surface area contributed by atoms with Gasteiger partial charge in [-0.3, -0.25) is 4.57 Å². The Morgan fingerprint density at radius 2 is 1.81 bits per heavy atom. The Morgan fingerprint density at radius 3 is 2.19 bits per heavy atom. The summed E-state index contributed by atoms with van der Waals surface area (Å²) >= 11 is 0. The summed E-state index contributed by atoms with van der Waals surface area (Å²) in [6.07, 6.45) is 2.96. The average Bonchev–Trinajstić information content (AvgIpc) is 2.25. The van der Waals surface area contributed by atoms with E-state index >= 15 is 0 Å². The summed E-state index contributed by atoms with van der Waals surface area (Å²) in [7, 11) is -4.33. The fraction of sp³-hybridized carbons (Fsp3) is 0.167. The van der Waals surface area contributed by atoms with Gasteiger partial charge in [0.1, 0.15) is 5.16 Å². The molecule has 0 bridgehead atoms. The molecule has 0 saturated heterocycles. The molecule has 1 aromatic carbocycles. The van der Waals surface area contributed by atoms with E-state index in [1.165, 1.54) is 12.2 Å². The van der Waals surface area contributed by atoms with Crippen LogP contribution in [0.5, 0.6) is 0 Å². The van der Waals surface area contributed by atoms with E-state index in [1.54, 1.807) is 30.3 Å². The summed E-state index contributed by atoms with van der Waals surface area (Å²) in [5.41, 5.74) is 0.554. The first kappa shape index (κ1) is 12.9. The highest BCUT2D eigenvalue weighted by molar-refractivity contribution is 7.53. The van der Waals surface area contributed by atoms with Crippen LogP contribution in [0.15, 0.2) is 55.6 Å². The molecule has 0 saturated carbocycles. The molecule has 16 heavy (non-hydrogen) atoms. The lowest BCUT2D eigenvalue weighted by atomic mass is 9.95. The zero-order valence-corrected chi connectivity index (χ0v) is 9.81. The van der Waals surface area contributed by atoms with E-state index < -0.39 is 12.8 Å². The smallest absolute Gasteiger partial charge is 0.324 e. The number of hydrogen-bond donors (Lipinski definition) is 2. The van der Waals surface area contributed by atoms with Crippen molar-refractivity contribution in [1.82, 2.24) is 0 Å². The van der Waals surface area contributed by atoms with Gasteiger partial charge in [0.05, 0.1) is 0 Å². The van der Waals surface area contributed by atoms with Gasteiger partial charge < -0.3 is 9.79 Å².